The zero-order chi connectivity index (χ0) is 10.1. The number of nitrogens with zero attached hydrogens (tertiary/aromatic N) is 1. The van der Waals surface area contributed by atoms with Crippen LogP contribution in [0.3, 0.4) is 0 Å². The quantitative estimate of drug-likeness (QED) is 0.766. The minimum absolute atomic E-state index is 0.492. The van der Waals surface area contributed by atoms with Crippen molar-refractivity contribution in [2.45, 2.75) is 12.5 Å². The Bertz CT molecular complexity index is 338. The number of halogens is 1. The highest BCUT2D eigenvalue weighted by Crippen LogP contribution is 2.36. The van der Waals surface area contributed by atoms with E-state index in [0.29, 0.717) is 6.04 Å². The third-order valence-corrected chi connectivity index (χ3v) is 3.10. The molecule has 76 valence electrons. The topological polar surface area (TPSA) is 12.5 Å². The van der Waals surface area contributed by atoms with Crippen LogP contribution in [-0.2, 0) is 0 Å². The molecular formula is C11H14BrNO. The maximum Gasteiger partial charge on any atom is 0.125 e. The lowest BCUT2D eigenvalue weighted by atomic mass is 10.00. The van der Waals surface area contributed by atoms with Gasteiger partial charge < -0.3 is 9.64 Å². The molecule has 0 fully saturated rings. The summed E-state index contributed by atoms with van der Waals surface area (Å²) in [6, 6.07) is 6.75. The smallest absolute Gasteiger partial charge is 0.125 e. The van der Waals surface area contributed by atoms with E-state index in [1.54, 1.807) is 0 Å². The van der Waals surface area contributed by atoms with Crippen molar-refractivity contribution in [3.05, 3.63) is 28.2 Å². The summed E-state index contributed by atoms with van der Waals surface area (Å²) in [5.74, 6) is 1.02. The van der Waals surface area contributed by atoms with Crippen LogP contribution in [0.2, 0.25) is 0 Å². The molecule has 14 heavy (non-hydrogen) atoms. The molecule has 3 heteroatoms. The summed E-state index contributed by atoms with van der Waals surface area (Å²) in [6.45, 7) is 0.812. The first-order valence-electron chi connectivity index (χ1n) is 4.77. The average molecular weight is 256 g/mol. The zero-order valence-electron chi connectivity index (χ0n) is 8.46. The van der Waals surface area contributed by atoms with Crippen molar-refractivity contribution >= 4 is 15.9 Å². The Morgan fingerprint density at radius 1 is 1.43 bits per heavy atom. The van der Waals surface area contributed by atoms with Crippen molar-refractivity contribution in [1.82, 2.24) is 4.90 Å². The molecule has 2 nitrogen and oxygen atoms in total. The largest absolute Gasteiger partial charge is 0.493 e. The predicted molar refractivity (Wildman–Crippen MR) is 60.7 cm³/mol. The van der Waals surface area contributed by atoms with Crippen LogP contribution >= 0.6 is 15.9 Å². The molecule has 1 aliphatic heterocycles. The molecule has 0 aliphatic carbocycles. The van der Waals surface area contributed by atoms with Crippen molar-refractivity contribution < 1.29 is 4.74 Å². The third kappa shape index (κ3) is 1.79. The number of hydrogen-bond donors (Lipinski definition) is 0. The molecule has 0 bridgehead atoms. The number of hydrogen-bond acceptors (Lipinski definition) is 2. The van der Waals surface area contributed by atoms with Crippen LogP contribution < -0.4 is 4.74 Å². The Morgan fingerprint density at radius 3 is 2.93 bits per heavy atom. The third-order valence-electron chi connectivity index (χ3n) is 2.61. The average Bonchev–Trinajstić information content (AvgIpc) is 2.16. The van der Waals surface area contributed by atoms with Crippen molar-refractivity contribution in [1.29, 1.82) is 0 Å². The van der Waals surface area contributed by atoms with Gasteiger partial charge in [0.25, 0.3) is 0 Å². The van der Waals surface area contributed by atoms with Crippen LogP contribution in [-0.4, -0.2) is 25.6 Å². The van der Waals surface area contributed by atoms with Crippen LogP contribution in [0.5, 0.6) is 5.75 Å². The molecule has 1 atom stereocenters. The number of benzene rings is 1. The molecule has 0 aromatic heterocycles. The number of fused-ring (bicyclic) bond motifs is 1. The second kappa shape index (κ2) is 3.91. The molecule has 0 radical (unpaired) electrons. The van der Waals surface area contributed by atoms with Gasteiger partial charge in [-0.2, -0.15) is 0 Å². The van der Waals surface area contributed by atoms with Crippen molar-refractivity contribution in [3.63, 3.8) is 0 Å². The normalized spacial score (nSPS) is 20.4. The maximum absolute atomic E-state index is 5.63. The lowest BCUT2D eigenvalue weighted by Gasteiger charge is -2.30. The fraction of sp³-hybridized carbons (Fsp3) is 0.455. The van der Waals surface area contributed by atoms with E-state index in [-0.39, 0.29) is 0 Å². The standard InChI is InChI=1S/C11H14BrNO/c1-13(2)10-5-6-14-11-7-8(12)3-4-9(10)11/h3-4,7,10H,5-6H2,1-2H3. The fourth-order valence-corrected chi connectivity index (χ4v) is 2.22. The molecule has 1 aromatic rings. The maximum atomic E-state index is 5.63. The van der Waals surface area contributed by atoms with E-state index >= 15 is 0 Å². The molecule has 1 heterocycles. The molecule has 2 rings (SSSR count). The van der Waals surface area contributed by atoms with Crippen LogP contribution in [0.15, 0.2) is 22.7 Å². The monoisotopic (exact) mass is 255 g/mol. The van der Waals surface area contributed by atoms with Crippen LogP contribution in [0, 0.1) is 0 Å². The van der Waals surface area contributed by atoms with Gasteiger partial charge in [-0.15, -0.1) is 0 Å². The SMILES string of the molecule is CN(C)C1CCOc2cc(Br)ccc21. The van der Waals surface area contributed by atoms with E-state index in [0.717, 1.165) is 23.2 Å². The van der Waals surface area contributed by atoms with E-state index in [9.17, 15) is 0 Å². The molecule has 0 amide bonds. The molecule has 1 aliphatic rings. The van der Waals surface area contributed by atoms with E-state index in [4.69, 9.17) is 4.74 Å². The molecular weight excluding hydrogens is 242 g/mol. The summed E-state index contributed by atoms with van der Waals surface area (Å²) >= 11 is 3.45. The first-order chi connectivity index (χ1) is 6.68. The summed E-state index contributed by atoms with van der Waals surface area (Å²) < 4.78 is 6.71. The Morgan fingerprint density at radius 2 is 2.21 bits per heavy atom. The van der Waals surface area contributed by atoms with Gasteiger partial charge in [-0.05, 0) is 26.2 Å². The molecule has 0 saturated carbocycles. The second-order valence-electron chi connectivity index (χ2n) is 3.80. The molecule has 1 aromatic carbocycles. The summed E-state index contributed by atoms with van der Waals surface area (Å²) in [7, 11) is 4.23. The van der Waals surface area contributed by atoms with Gasteiger partial charge in [0.2, 0.25) is 0 Å². The van der Waals surface area contributed by atoms with Crippen LogP contribution in [0.25, 0.3) is 0 Å². The second-order valence-corrected chi connectivity index (χ2v) is 4.71. The highest BCUT2D eigenvalue weighted by atomic mass is 79.9. The minimum Gasteiger partial charge on any atom is -0.493 e. The van der Waals surface area contributed by atoms with Crippen LogP contribution in [0.4, 0.5) is 0 Å². The zero-order valence-corrected chi connectivity index (χ0v) is 10.0. The molecule has 0 N–H and O–H groups in total. The minimum atomic E-state index is 0.492. The summed E-state index contributed by atoms with van der Waals surface area (Å²) in [5.41, 5.74) is 1.30. The Hall–Kier alpha value is -0.540. The van der Waals surface area contributed by atoms with Gasteiger partial charge in [0, 0.05) is 22.5 Å². The lowest BCUT2D eigenvalue weighted by Crippen LogP contribution is -2.26. The van der Waals surface area contributed by atoms with Gasteiger partial charge in [-0.25, -0.2) is 0 Å². The number of rotatable bonds is 1. The van der Waals surface area contributed by atoms with Crippen molar-refractivity contribution in [2.24, 2.45) is 0 Å². The Balaban J connectivity index is 2.40. The van der Waals surface area contributed by atoms with Gasteiger partial charge in [-0.3, -0.25) is 0 Å². The van der Waals surface area contributed by atoms with E-state index in [1.807, 2.05) is 6.07 Å². The number of ether oxygens (including phenoxy) is 1. The Labute approximate surface area is 93.0 Å². The van der Waals surface area contributed by atoms with Crippen molar-refractivity contribution in [3.8, 4) is 5.75 Å². The van der Waals surface area contributed by atoms with Gasteiger partial charge in [0.1, 0.15) is 5.75 Å². The Kier molecular flexibility index (Phi) is 2.79. The first kappa shape index (κ1) is 9.99. The summed E-state index contributed by atoms with van der Waals surface area (Å²) in [4.78, 5) is 2.25. The lowest BCUT2D eigenvalue weighted by molar-refractivity contribution is 0.189. The fourth-order valence-electron chi connectivity index (χ4n) is 1.88. The van der Waals surface area contributed by atoms with Gasteiger partial charge in [0.15, 0.2) is 0 Å². The van der Waals surface area contributed by atoms with Crippen molar-refractivity contribution in [2.75, 3.05) is 20.7 Å². The summed E-state index contributed by atoms with van der Waals surface area (Å²) in [6.07, 6.45) is 1.07. The van der Waals surface area contributed by atoms with E-state index in [2.05, 4.69) is 47.1 Å². The van der Waals surface area contributed by atoms with E-state index in [1.165, 1.54) is 5.56 Å². The van der Waals surface area contributed by atoms with Gasteiger partial charge in [0.05, 0.1) is 6.61 Å². The molecule has 0 saturated heterocycles. The molecule has 0 spiro atoms. The highest BCUT2D eigenvalue weighted by molar-refractivity contribution is 9.10. The van der Waals surface area contributed by atoms with E-state index < -0.39 is 0 Å². The predicted octanol–water partition coefficient (Wildman–Crippen LogP) is 2.83. The first-order valence-corrected chi connectivity index (χ1v) is 5.56. The summed E-state index contributed by atoms with van der Waals surface area (Å²) in [5, 5.41) is 0. The highest BCUT2D eigenvalue weighted by Gasteiger charge is 2.22. The van der Waals surface area contributed by atoms with Crippen LogP contribution in [0.1, 0.15) is 18.0 Å². The van der Waals surface area contributed by atoms with Gasteiger partial charge >= 0.3 is 0 Å². The van der Waals surface area contributed by atoms with Gasteiger partial charge in [-0.1, -0.05) is 22.0 Å². The molecule has 1 unspecified atom stereocenters.